The number of rotatable bonds is 5. The summed E-state index contributed by atoms with van der Waals surface area (Å²) in [4.78, 5) is 3.78. The quantitative estimate of drug-likeness (QED) is 0.886. The van der Waals surface area contributed by atoms with Gasteiger partial charge in [0.2, 0.25) is 0 Å². The fourth-order valence-electron chi connectivity index (χ4n) is 1.77. The smallest absolute Gasteiger partial charge is 0.382 e. The lowest BCUT2D eigenvalue weighted by molar-refractivity contribution is -0.138. The lowest BCUT2D eigenvalue weighted by Gasteiger charge is -2.23. The minimum Gasteiger partial charge on any atom is -0.382 e. The van der Waals surface area contributed by atoms with Crippen LogP contribution in [0.4, 0.5) is 13.2 Å². The van der Waals surface area contributed by atoms with Gasteiger partial charge in [-0.25, -0.2) is 0 Å². The Labute approximate surface area is 104 Å². The van der Waals surface area contributed by atoms with E-state index < -0.39 is 17.8 Å². The van der Waals surface area contributed by atoms with Gasteiger partial charge in [-0.05, 0) is 32.0 Å². The van der Waals surface area contributed by atoms with Gasteiger partial charge in [-0.2, -0.15) is 13.2 Å². The Morgan fingerprint density at radius 2 is 2.11 bits per heavy atom. The van der Waals surface area contributed by atoms with Crippen LogP contribution in [-0.4, -0.2) is 25.2 Å². The van der Waals surface area contributed by atoms with Crippen LogP contribution >= 0.6 is 0 Å². The molecule has 0 radical (unpaired) electrons. The molecule has 2 unspecified atom stereocenters. The molecule has 3 nitrogen and oxygen atoms in total. The van der Waals surface area contributed by atoms with Crippen molar-refractivity contribution >= 4 is 0 Å². The standard InChI is InChI=1S/C12H17F3N2O/c1-8(18-3)6-11(16-2)9-7-17-5-4-10(9)12(13,14)15/h4-5,7-8,11,16H,6H2,1-3H3. The minimum absolute atomic E-state index is 0.135. The summed E-state index contributed by atoms with van der Waals surface area (Å²) in [7, 11) is 3.16. The molecule has 1 heterocycles. The second-order valence-corrected chi connectivity index (χ2v) is 4.08. The zero-order valence-corrected chi connectivity index (χ0v) is 10.6. The average molecular weight is 262 g/mol. The van der Waals surface area contributed by atoms with Gasteiger partial charge in [0.15, 0.2) is 0 Å². The molecule has 2 atom stereocenters. The number of aromatic nitrogens is 1. The van der Waals surface area contributed by atoms with Gasteiger partial charge < -0.3 is 10.1 Å². The Morgan fingerprint density at radius 1 is 1.44 bits per heavy atom. The number of alkyl halides is 3. The van der Waals surface area contributed by atoms with E-state index in [4.69, 9.17) is 4.74 Å². The zero-order valence-electron chi connectivity index (χ0n) is 10.6. The zero-order chi connectivity index (χ0) is 13.8. The van der Waals surface area contributed by atoms with Crippen LogP contribution in [0.2, 0.25) is 0 Å². The third-order valence-electron chi connectivity index (χ3n) is 2.85. The molecule has 0 aliphatic heterocycles. The Balaban J connectivity index is 3.06. The van der Waals surface area contributed by atoms with E-state index in [0.29, 0.717) is 6.42 Å². The van der Waals surface area contributed by atoms with Gasteiger partial charge in [-0.15, -0.1) is 0 Å². The summed E-state index contributed by atoms with van der Waals surface area (Å²) < 4.78 is 43.7. The predicted octanol–water partition coefficient (Wildman–Crippen LogP) is 2.79. The van der Waals surface area contributed by atoms with Crippen molar-refractivity contribution in [2.45, 2.75) is 31.7 Å². The van der Waals surface area contributed by atoms with Crippen molar-refractivity contribution in [3.63, 3.8) is 0 Å². The topological polar surface area (TPSA) is 34.1 Å². The fraction of sp³-hybridized carbons (Fsp3) is 0.583. The van der Waals surface area contributed by atoms with Crippen LogP contribution in [0.25, 0.3) is 0 Å². The molecule has 0 bridgehead atoms. The van der Waals surface area contributed by atoms with Crippen molar-refractivity contribution in [2.75, 3.05) is 14.2 Å². The maximum absolute atomic E-state index is 12.9. The summed E-state index contributed by atoms with van der Waals surface area (Å²) in [6.45, 7) is 1.81. The highest BCUT2D eigenvalue weighted by atomic mass is 19.4. The summed E-state index contributed by atoms with van der Waals surface area (Å²) >= 11 is 0. The Kier molecular flexibility index (Phi) is 5.10. The van der Waals surface area contributed by atoms with Gasteiger partial charge >= 0.3 is 6.18 Å². The number of ether oxygens (including phenoxy) is 1. The second-order valence-electron chi connectivity index (χ2n) is 4.08. The van der Waals surface area contributed by atoms with E-state index in [2.05, 4.69) is 10.3 Å². The van der Waals surface area contributed by atoms with E-state index in [1.165, 1.54) is 13.3 Å². The van der Waals surface area contributed by atoms with E-state index in [-0.39, 0.29) is 11.7 Å². The SMILES string of the molecule is CNC(CC(C)OC)c1cnccc1C(F)(F)F. The predicted molar refractivity (Wildman–Crippen MR) is 62.1 cm³/mol. The molecule has 0 aromatic carbocycles. The summed E-state index contributed by atoms with van der Waals surface area (Å²) in [5.74, 6) is 0. The van der Waals surface area contributed by atoms with Crippen LogP contribution in [0, 0.1) is 0 Å². The molecule has 0 saturated carbocycles. The molecule has 0 fully saturated rings. The molecule has 102 valence electrons. The van der Waals surface area contributed by atoms with Gasteiger partial charge in [0.1, 0.15) is 0 Å². The molecule has 1 aromatic rings. The number of hydrogen-bond acceptors (Lipinski definition) is 3. The largest absolute Gasteiger partial charge is 0.416 e. The molecule has 1 rings (SSSR count). The van der Waals surface area contributed by atoms with Crippen molar-refractivity contribution in [3.05, 3.63) is 29.6 Å². The first kappa shape index (κ1) is 14.9. The van der Waals surface area contributed by atoms with E-state index in [1.54, 1.807) is 7.05 Å². The van der Waals surface area contributed by atoms with E-state index in [1.807, 2.05) is 6.92 Å². The van der Waals surface area contributed by atoms with Gasteiger partial charge in [0.05, 0.1) is 11.7 Å². The normalized spacial score (nSPS) is 15.4. The second kappa shape index (κ2) is 6.15. The number of methoxy groups -OCH3 is 1. The summed E-state index contributed by atoms with van der Waals surface area (Å²) in [5.41, 5.74) is -0.503. The maximum atomic E-state index is 12.9. The highest BCUT2D eigenvalue weighted by molar-refractivity contribution is 5.29. The summed E-state index contributed by atoms with van der Waals surface area (Å²) in [6.07, 6.45) is -1.65. The van der Waals surface area contributed by atoms with Crippen LogP contribution in [0.15, 0.2) is 18.5 Å². The van der Waals surface area contributed by atoms with Crippen LogP contribution in [0.1, 0.15) is 30.5 Å². The highest BCUT2D eigenvalue weighted by Gasteiger charge is 2.35. The molecule has 6 heteroatoms. The fourth-order valence-corrected chi connectivity index (χ4v) is 1.77. The number of halogens is 3. The molecule has 0 aliphatic carbocycles. The molecule has 0 amide bonds. The molecular formula is C12H17F3N2O. The number of nitrogens with one attached hydrogen (secondary N) is 1. The van der Waals surface area contributed by atoms with Crippen LogP contribution in [0.5, 0.6) is 0 Å². The highest BCUT2D eigenvalue weighted by Crippen LogP contribution is 2.35. The summed E-state index contributed by atoms with van der Waals surface area (Å²) in [5, 5.41) is 2.88. The van der Waals surface area contributed by atoms with Crippen LogP contribution in [-0.2, 0) is 10.9 Å². The molecule has 0 spiro atoms. The van der Waals surface area contributed by atoms with Crippen molar-refractivity contribution < 1.29 is 17.9 Å². The van der Waals surface area contributed by atoms with Gasteiger partial charge in [-0.1, -0.05) is 0 Å². The number of pyridine rings is 1. The lowest BCUT2D eigenvalue weighted by atomic mass is 9.98. The number of nitrogens with zero attached hydrogens (tertiary/aromatic N) is 1. The van der Waals surface area contributed by atoms with Gasteiger partial charge in [0.25, 0.3) is 0 Å². The molecular weight excluding hydrogens is 245 g/mol. The Morgan fingerprint density at radius 3 is 2.61 bits per heavy atom. The lowest BCUT2D eigenvalue weighted by Crippen LogP contribution is -2.25. The Bertz CT molecular complexity index is 382. The summed E-state index contributed by atoms with van der Waals surface area (Å²) in [6, 6.07) is 0.558. The van der Waals surface area contributed by atoms with E-state index in [9.17, 15) is 13.2 Å². The van der Waals surface area contributed by atoms with Crippen LogP contribution < -0.4 is 5.32 Å². The third-order valence-corrected chi connectivity index (χ3v) is 2.85. The molecule has 0 saturated heterocycles. The maximum Gasteiger partial charge on any atom is 0.416 e. The third kappa shape index (κ3) is 3.68. The number of hydrogen-bond donors (Lipinski definition) is 1. The van der Waals surface area contributed by atoms with E-state index >= 15 is 0 Å². The molecule has 0 aliphatic rings. The van der Waals surface area contributed by atoms with Gasteiger partial charge in [-0.3, -0.25) is 4.98 Å². The average Bonchev–Trinajstić information content (AvgIpc) is 2.34. The molecule has 1 N–H and O–H groups in total. The van der Waals surface area contributed by atoms with Gasteiger partial charge in [0, 0.05) is 25.5 Å². The van der Waals surface area contributed by atoms with Crippen molar-refractivity contribution in [1.29, 1.82) is 0 Å². The van der Waals surface area contributed by atoms with Crippen molar-refractivity contribution in [1.82, 2.24) is 10.3 Å². The monoisotopic (exact) mass is 262 g/mol. The first-order valence-corrected chi connectivity index (χ1v) is 5.61. The van der Waals surface area contributed by atoms with Crippen molar-refractivity contribution in [3.8, 4) is 0 Å². The van der Waals surface area contributed by atoms with Crippen LogP contribution in [0.3, 0.4) is 0 Å². The molecule has 18 heavy (non-hydrogen) atoms. The molecule has 1 aromatic heterocycles. The van der Waals surface area contributed by atoms with Crippen molar-refractivity contribution in [2.24, 2.45) is 0 Å². The Hall–Kier alpha value is -1.14. The first-order valence-electron chi connectivity index (χ1n) is 5.61. The van der Waals surface area contributed by atoms with E-state index in [0.717, 1.165) is 12.3 Å². The minimum atomic E-state index is -4.37. The first-order chi connectivity index (χ1) is 8.40.